The molecule has 1 aromatic carbocycles. The van der Waals surface area contributed by atoms with Crippen LogP contribution < -0.4 is 5.32 Å². The van der Waals surface area contributed by atoms with Gasteiger partial charge in [-0.3, -0.25) is 9.11 Å². The average Bonchev–Trinajstić information content (AvgIpc) is 2.41. The van der Waals surface area contributed by atoms with Crippen molar-refractivity contribution < 1.29 is 4.21 Å². The largest absolute Gasteiger partial charge is 0.312 e. The zero-order valence-electron chi connectivity index (χ0n) is 10.7. The Bertz CT molecular complexity index is 451. The van der Waals surface area contributed by atoms with E-state index in [1.165, 1.54) is 16.7 Å². The molecule has 0 aliphatic carbocycles. The molecule has 1 fully saturated rings. The monoisotopic (exact) mass is 264 g/mol. The van der Waals surface area contributed by atoms with Crippen LogP contribution in [0.3, 0.4) is 0 Å². The second-order valence-corrected chi connectivity index (χ2v) is 6.85. The normalized spacial score (nSPS) is 21.8. The SMILES string of the molecule is O=S1CCN(Cc2ccc3c(c2)CNCC3)CC1. The molecular formula is C14H20N2OS. The van der Waals surface area contributed by atoms with Gasteiger partial charge in [-0.25, -0.2) is 0 Å². The molecule has 1 N–H and O–H groups in total. The van der Waals surface area contributed by atoms with Gasteiger partial charge in [-0.15, -0.1) is 0 Å². The van der Waals surface area contributed by atoms with Crippen LogP contribution in [0.2, 0.25) is 0 Å². The van der Waals surface area contributed by atoms with E-state index >= 15 is 0 Å². The van der Waals surface area contributed by atoms with Gasteiger partial charge in [0, 0.05) is 48.5 Å². The maximum absolute atomic E-state index is 11.3. The third-order valence-corrected chi connectivity index (χ3v) is 5.11. The highest BCUT2D eigenvalue weighted by molar-refractivity contribution is 7.85. The van der Waals surface area contributed by atoms with Gasteiger partial charge in [-0.05, 0) is 29.7 Å². The number of rotatable bonds is 2. The molecular weight excluding hydrogens is 244 g/mol. The highest BCUT2D eigenvalue weighted by Gasteiger charge is 2.16. The van der Waals surface area contributed by atoms with Crippen LogP contribution in [0.25, 0.3) is 0 Å². The molecule has 4 heteroatoms. The van der Waals surface area contributed by atoms with Gasteiger partial charge < -0.3 is 5.32 Å². The van der Waals surface area contributed by atoms with Gasteiger partial charge in [-0.1, -0.05) is 18.2 Å². The molecule has 18 heavy (non-hydrogen) atoms. The van der Waals surface area contributed by atoms with Crippen molar-refractivity contribution in [3.05, 3.63) is 34.9 Å². The number of hydrogen-bond donors (Lipinski definition) is 1. The molecule has 0 aromatic heterocycles. The molecule has 0 spiro atoms. The minimum atomic E-state index is -0.573. The minimum Gasteiger partial charge on any atom is -0.312 e. The van der Waals surface area contributed by atoms with E-state index in [1.807, 2.05) is 0 Å². The van der Waals surface area contributed by atoms with Crippen LogP contribution in [0.1, 0.15) is 16.7 Å². The topological polar surface area (TPSA) is 32.3 Å². The van der Waals surface area contributed by atoms with Gasteiger partial charge in [0.2, 0.25) is 0 Å². The van der Waals surface area contributed by atoms with E-state index in [2.05, 4.69) is 28.4 Å². The molecule has 3 rings (SSSR count). The summed E-state index contributed by atoms with van der Waals surface area (Å²) in [7, 11) is -0.573. The number of fused-ring (bicyclic) bond motifs is 1. The van der Waals surface area contributed by atoms with Crippen molar-refractivity contribution in [1.29, 1.82) is 0 Å². The van der Waals surface area contributed by atoms with Gasteiger partial charge in [-0.2, -0.15) is 0 Å². The van der Waals surface area contributed by atoms with Crippen LogP contribution in [-0.2, 0) is 30.3 Å². The van der Waals surface area contributed by atoms with Crippen molar-refractivity contribution in [3.8, 4) is 0 Å². The Labute approximate surface area is 111 Å². The van der Waals surface area contributed by atoms with Crippen molar-refractivity contribution in [2.45, 2.75) is 19.5 Å². The summed E-state index contributed by atoms with van der Waals surface area (Å²) in [5.41, 5.74) is 4.35. The highest BCUT2D eigenvalue weighted by atomic mass is 32.2. The van der Waals surface area contributed by atoms with E-state index in [4.69, 9.17) is 0 Å². The molecule has 0 radical (unpaired) electrons. The second kappa shape index (κ2) is 5.51. The number of nitrogens with one attached hydrogen (secondary N) is 1. The Morgan fingerprint density at radius 2 is 2.06 bits per heavy atom. The lowest BCUT2D eigenvalue weighted by Crippen LogP contribution is -2.37. The first-order valence-corrected chi connectivity index (χ1v) is 8.19. The van der Waals surface area contributed by atoms with E-state index in [-0.39, 0.29) is 0 Å². The molecule has 98 valence electrons. The molecule has 0 unspecified atom stereocenters. The second-order valence-electron chi connectivity index (χ2n) is 5.15. The predicted octanol–water partition coefficient (Wildman–Crippen LogP) is 0.897. The lowest BCUT2D eigenvalue weighted by atomic mass is 9.98. The summed E-state index contributed by atoms with van der Waals surface area (Å²) in [6, 6.07) is 6.89. The third-order valence-electron chi connectivity index (χ3n) is 3.83. The predicted molar refractivity (Wildman–Crippen MR) is 75.0 cm³/mol. The van der Waals surface area contributed by atoms with Crippen LogP contribution in [0.15, 0.2) is 18.2 Å². The van der Waals surface area contributed by atoms with Crippen molar-refractivity contribution in [1.82, 2.24) is 10.2 Å². The Balaban J connectivity index is 1.67. The molecule has 2 aliphatic rings. The van der Waals surface area contributed by atoms with E-state index < -0.39 is 10.8 Å². The Morgan fingerprint density at radius 3 is 2.89 bits per heavy atom. The van der Waals surface area contributed by atoms with E-state index in [0.29, 0.717) is 0 Å². The van der Waals surface area contributed by atoms with E-state index in [9.17, 15) is 4.21 Å². The van der Waals surface area contributed by atoms with Crippen LogP contribution in [-0.4, -0.2) is 40.2 Å². The summed E-state index contributed by atoms with van der Waals surface area (Å²) in [6.45, 7) is 5.06. The van der Waals surface area contributed by atoms with Crippen molar-refractivity contribution >= 4 is 10.8 Å². The Kier molecular flexibility index (Phi) is 3.77. The van der Waals surface area contributed by atoms with Gasteiger partial charge in [0.25, 0.3) is 0 Å². The third kappa shape index (κ3) is 2.82. The first kappa shape index (κ1) is 12.3. The van der Waals surface area contributed by atoms with Gasteiger partial charge >= 0.3 is 0 Å². The van der Waals surface area contributed by atoms with Crippen LogP contribution in [0.5, 0.6) is 0 Å². The van der Waals surface area contributed by atoms with E-state index in [1.54, 1.807) is 0 Å². The Hall–Kier alpha value is -0.710. The summed E-state index contributed by atoms with van der Waals surface area (Å²) in [5.74, 6) is 1.68. The lowest BCUT2D eigenvalue weighted by Gasteiger charge is -2.27. The van der Waals surface area contributed by atoms with Crippen molar-refractivity contribution in [2.75, 3.05) is 31.1 Å². The number of hydrogen-bond acceptors (Lipinski definition) is 3. The summed E-state index contributed by atoms with van der Waals surface area (Å²) >= 11 is 0. The van der Waals surface area contributed by atoms with Gasteiger partial charge in [0.1, 0.15) is 0 Å². The van der Waals surface area contributed by atoms with Crippen molar-refractivity contribution in [3.63, 3.8) is 0 Å². The molecule has 2 heterocycles. The molecule has 1 saturated heterocycles. The summed E-state index contributed by atoms with van der Waals surface area (Å²) in [5, 5.41) is 3.42. The fourth-order valence-corrected chi connectivity index (χ4v) is 3.85. The zero-order chi connectivity index (χ0) is 12.4. The fourth-order valence-electron chi connectivity index (χ4n) is 2.72. The molecule has 0 atom stereocenters. The summed E-state index contributed by atoms with van der Waals surface area (Å²) < 4.78 is 11.3. The van der Waals surface area contributed by atoms with Gasteiger partial charge in [0.05, 0.1) is 0 Å². The average molecular weight is 264 g/mol. The smallest absolute Gasteiger partial charge is 0.0363 e. The number of benzene rings is 1. The quantitative estimate of drug-likeness (QED) is 0.861. The molecule has 0 saturated carbocycles. The molecule has 3 nitrogen and oxygen atoms in total. The zero-order valence-corrected chi connectivity index (χ0v) is 11.5. The maximum atomic E-state index is 11.3. The Morgan fingerprint density at radius 1 is 1.22 bits per heavy atom. The maximum Gasteiger partial charge on any atom is 0.0363 e. The van der Waals surface area contributed by atoms with Crippen LogP contribution in [0.4, 0.5) is 0 Å². The van der Waals surface area contributed by atoms with Gasteiger partial charge in [0.15, 0.2) is 0 Å². The fraction of sp³-hybridized carbons (Fsp3) is 0.571. The molecule has 0 bridgehead atoms. The standard InChI is InChI=1S/C14H20N2OS/c17-18-7-5-16(6-8-18)11-12-1-2-13-3-4-15-10-14(13)9-12/h1-2,9,15H,3-8,10-11H2. The first-order valence-electron chi connectivity index (χ1n) is 6.70. The lowest BCUT2D eigenvalue weighted by molar-refractivity contribution is 0.291. The number of nitrogens with zero attached hydrogens (tertiary/aromatic N) is 1. The van der Waals surface area contributed by atoms with Crippen LogP contribution >= 0.6 is 0 Å². The van der Waals surface area contributed by atoms with E-state index in [0.717, 1.165) is 50.7 Å². The highest BCUT2D eigenvalue weighted by Crippen LogP contribution is 2.17. The van der Waals surface area contributed by atoms with Crippen molar-refractivity contribution in [2.24, 2.45) is 0 Å². The minimum absolute atomic E-state index is 0.573. The molecule has 2 aliphatic heterocycles. The summed E-state index contributed by atoms with van der Waals surface area (Å²) in [6.07, 6.45) is 1.15. The first-order chi connectivity index (χ1) is 8.81. The summed E-state index contributed by atoms with van der Waals surface area (Å²) in [4.78, 5) is 2.42. The molecule has 1 aromatic rings. The molecule has 0 amide bonds. The van der Waals surface area contributed by atoms with Crippen LogP contribution in [0, 0.1) is 0 Å².